The van der Waals surface area contributed by atoms with Crippen LogP contribution < -0.4 is 20.7 Å². The van der Waals surface area contributed by atoms with E-state index in [4.69, 9.17) is 21.7 Å². The summed E-state index contributed by atoms with van der Waals surface area (Å²) in [5, 5.41) is 23.7. The summed E-state index contributed by atoms with van der Waals surface area (Å²) in [7, 11) is 2.96. The molecule has 0 aromatic heterocycles. The van der Waals surface area contributed by atoms with Crippen LogP contribution in [0.5, 0.6) is 5.75 Å². The molecule has 0 saturated carbocycles. The molecule has 0 aliphatic rings. The van der Waals surface area contributed by atoms with E-state index in [9.17, 15) is 29.1 Å². The lowest BCUT2D eigenvalue weighted by Gasteiger charge is -2.17. The zero-order chi connectivity index (χ0) is 31.2. The highest BCUT2D eigenvalue weighted by atomic mass is 127. The van der Waals surface area contributed by atoms with Crippen LogP contribution in [0, 0.1) is 26.8 Å². The predicted molar refractivity (Wildman–Crippen MR) is 201 cm³/mol. The van der Waals surface area contributed by atoms with Crippen LogP contribution in [0.2, 0.25) is 0 Å². The number of benzene rings is 2. The van der Waals surface area contributed by atoms with Crippen molar-refractivity contribution in [3.63, 3.8) is 0 Å². The number of amides is 3. The number of carboxylic acids is 1. The van der Waals surface area contributed by atoms with Gasteiger partial charge >= 0.3 is 5.97 Å². The molecule has 3 amide bonds. The van der Waals surface area contributed by atoms with Crippen LogP contribution in [0.25, 0.3) is 0 Å². The first kappa shape index (κ1) is 38.2. The van der Waals surface area contributed by atoms with E-state index >= 15 is 0 Å². The van der Waals surface area contributed by atoms with Gasteiger partial charge in [0.15, 0.2) is 11.6 Å². The summed E-state index contributed by atoms with van der Waals surface area (Å²) in [5.74, 6) is -2.05. The molecule has 11 nitrogen and oxygen atoms in total. The van der Waals surface area contributed by atoms with Gasteiger partial charge in [-0.15, -0.1) is 0 Å². The molecular formula is C22H17ClI6N4O7. The predicted octanol–water partition coefficient (Wildman–Crippen LogP) is 6.13. The molecule has 0 heterocycles. The zero-order valence-corrected chi connectivity index (χ0v) is 34.2. The number of aromatic carboxylic acids is 1. The molecule has 2 aromatic rings. The van der Waals surface area contributed by atoms with Crippen molar-refractivity contribution < 1.29 is 33.8 Å². The number of carbonyl (C=O) groups is 5. The van der Waals surface area contributed by atoms with Crippen molar-refractivity contribution in [1.82, 2.24) is 10.6 Å². The third-order valence-electron chi connectivity index (χ3n) is 4.47. The molecular weight excluding hydrogens is 1230 g/mol. The normalized spacial score (nSPS) is 10.1. The Kier molecular flexibility index (Phi) is 16.1. The van der Waals surface area contributed by atoms with Crippen molar-refractivity contribution in [2.75, 3.05) is 19.4 Å². The summed E-state index contributed by atoms with van der Waals surface area (Å²) < 4.78 is 8.01. The molecule has 2 aromatic carbocycles. The topological polar surface area (TPSA) is 175 Å². The summed E-state index contributed by atoms with van der Waals surface area (Å²) in [4.78, 5) is 58.2. The molecule has 0 aliphatic carbocycles. The molecule has 216 valence electrons. The summed E-state index contributed by atoms with van der Waals surface area (Å²) >= 11 is 17.0. The van der Waals surface area contributed by atoms with Gasteiger partial charge in [0.1, 0.15) is 0 Å². The van der Waals surface area contributed by atoms with Gasteiger partial charge in [0.05, 0.1) is 42.2 Å². The fourth-order valence-electron chi connectivity index (χ4n) is 2.84. The average Bonchev–Trinajstić information content (AvgIpc) is 2.83. The minimum absolute atomic E-state index is 0.00136. The number of nitrogens with one attached hydrogen (secondary N) is 4. The minimum Gasteiger partial charge on any atom is -0.478 e. The van der Waals surface area contributed by atoms with Crippen molar-refractivity contribution in [3.05, 3.63) is 43.7 Å². The molecule has 5 N–H and O–H groups in total. The number of carboxylic acid groups (broad SMARTS) is 1. The second-order valence-corrected chi connectivity index (χ2v) is 14.0. The second-order valence-electron chi connectivity index (χ2n) is 7.16. The number of carbonyl (C=O) groups excluding carboxylic acids is 4. The van der Waals surface area contributed by atoms with E-state index in [0.717, 1.165) is 0 Å². The van der Waals surface area contributed by atoms with Crippen molar-refractivity contribution in [1.29, 1.82) is 5.41 Å². The van der Waals surface area contributed by atoms with E-state index in [1.165, 1.54) is 27.9 Å². The van der Waals surface area contributed by atoms with Gasteiger partial charge in [0.2, 0.25) is 5.91 Å². The molecule has 18 heteroatoms. The number of rotatable bonds is 6. The van der Waals surface area contributed by atoms with E-state index in [-0.39, 0.29) is 40.2 Å². The maximum atomic E-state index is 12.0. The number of halogens is 7. The summed E-state index contributed by atoms with van der Waals surface area (Å²) in [6.45, 7) is 2.79. The molecule has 0 spiro atoms. The Labute approximate surface area is 315 Å². The van der Waals surface area contributed by atoms with Crippen molar-refractivity contribution in [3.8, 4) is 5.75 Å². The monoisotopic (exact) mass is 1250 g/mol. The lowest BCUT2D eigenvalue weighted by atomic mass is 10.1. The van der Waals surface area contributed by atoms with Crippen LogP contribution >= 0.6 is 147 Å². The number of hydrogen-bond acceptors (Lipinski definition) is 7. The fraction of sp³-hybridized carbons (Fsp3) is 0.182. The fourth-order valence-corrected chi connectivity index (χ4v) is 12.1. The highest BCUT2D eigenvalue weighted by Crippen LogP contribution is 2.38. The largest absolute Gasteiger partial charge is 0.478 e. The third kappa shape index (κ3) is 9.07. The maximum Gasteiger partial charge on any atom is 0.338 e. The molecule has 0 aliphatic heterocycles. The van der Waals surface area contributed by atoms with E-state index in [0.29, 0.717) is 32.7 Å². The van der Waals surface area contributed by atoms with Crippen molar-refractivity contribution in [2.24, 2.45) is 0 Å². The van der Waals surface area contributed by atoms with E-state index in [1.54, 1.807) is 0 Å². The van der Waals surface area contributed by atoms with Gasteiger partial charge in [0, 0.05) is 35.1 Å². The first-order chi connectivity index (χ1) is 18.4. The molecule has 40 heavy (non-hydrogen) atoms. The summed E-state index contributed by atoms with van der Waals surface area (Å²) in [6, 6.07) is 0. The van der Waals surface area contributed by atoms with Gasteiger partial charge in [-0.3, -0.25) is 24.6 Å². The van der Waals surface area contributed by atoms with Gasteiger partial charge in [0.25, 0.3) is 17.1 Å². The Balaban J connectivity index is 0.000000400. The standard InChI is InChI=1S/C11H8ClI3N2O3.C11H9I3N2O4/c1-3(18)17-9-7(14)4(10(12)19)6(13)5(8(9)15)11(20)16-2;1-3(15)20-9-7(13)4(10(17)16-2)6(12)5(8(9)14)11(18)19/h1-2H3,(H,16,20)(H,17,18);15H,1-2H3,(H,16,17)(H,18,19). The zero-order valence-electron chi connectivity index (χ0n) is 20.5. The molecule has 0 saturated heterocycles. The first-order valence-electron chi connectivity index (χ1n) is 10.2. The van der Waals surface area contributed by atoms with Crippen LogP contribution in [-0.2, 0) is 4.79 Å². The van der Waals surface area contributed by atoms with E-state index < -0.39 is 17.1 Å². The maximum absolute atomic E-state index is 12.0. The Morgan fingerprint density at radius 3 is 1.50 bits per heavy atom. The molecule has 0 atom stereocenters. The highest BCUT2D eigenvalue weighted by Gasteiger charge is 2.29. The molecule has 0 fully saturated rings. The highest BCUT2D eigenvalue weighted by molar-refractivity contribution is 14.1. The van der Waals surface area contributed by atoms with Crippen molar-refractivity contribution >= 4 is 188 Å². The average molecular weight is 1250 g/mol. The van der Waals surface area contributed by atoms with Gasteiger partial charge < -0.3 is 25.8 Å². The Morgan fingerprint density at radius 2 is 1.12 bits per heavy atom. The van der Waals surface area contributed by atoms with E-state index in [1.807, 2.05) is 136 Å². The second kappa shape index (κ2) is 16.8. The van der Waals surface area contributed by atoms with Crippen LogP contribution in [0.1, 0.15) is 55.3 Å². The number of hydrogen-bond donors (Lipinski definition) is 5. The van der Waals surface area contributed by atoms with Crippen molar-refractivity contribution in [2.45, 2.75) is 13.8 Å². The third-order valence-corrected chi connectivity index (χ3v) is 11.0. The molecule has 0 unspecified atom stereocenters. The van der Waals surface area contributed by atoms with Gasteiger partial charge in [-0.05, 0) is 147 Å². The Morgan fingerprint density at radius 1 is 0.725 bits per heavy atom. The lowest BCUT2D eigenvalue weighted by Crippen LogP contribution is -2.24. The van der Waals surface area contributed by atoms with Crippen LogP contribution in [0.15, 0.2) is 0 Å². The van der Waals surface area contributed by atoms with E-state index in [2.05, 4.69) is 16.0 Å². The van der Waals surface area contributed by atoms with Gasteiger partial charge in [-0.25, -0.2) is 4.79 Å². The van der Waals surface area contributed by atoms with Gasteiger partial charge in [-0.2, -0.15) is 0 Å². The molecule has 0 bridgehead atoms. The lowest BCUT2D eigenvalue weighted by molar-refractivity contribution is -0.114. The molecule has 2 rings (SSSR count). The molecule has 0 radical (unpaired) electrons. The minimum atomic E-state index is -1.15. The first-order valence-corrected chi connectivity index (χ1v) is 17.1. The summed E-state index contributed by atoms with van der Waals surface area (Å²) in [5.41, 5.74) is 1.20. The SMILES string of the molecule is CNC(=O)c1c(I)c(NC(C)=O)c(I)c(C(=O)Cl)c1I.CNC(=O)c1c(I)c(OC(C)=N)c(I)c(C(=O)O)c1I. The Bertz CT molecular complexity index is 1340. The summed E-state index contributed by atoms with van der Waals surface area (Å²) in [6.07, 6.45) is 0. The van der Waals surface area contributed by atoms with Gasteiger partial charge in [-0.1, -0.05) is 0 Å². The number of anilines is 1. The van der Waals surface area contributed by atoms with Crippen LogP contribution in [0.3, 0.4) is 0 Å². The Hall–Kier alpha value is 0.130. The smallest absolute Gasteiger partial charge is 0.338 e. The quantitative estimate of drug-likeness (QED) is 0.100. The number of ether oxygens (including phenoxy) is 1. The van der Waals surface area contributed by atoms with Crippen LogP contribution in [0.4, 0.5) is 5.69 Å². The van der Waals surface area contributed by atoms with Crippen LogP contribution in [-0.4, -0.2) is 54.0 Å².